The Balaban J connectivity index is 0.867. The second-order valence-corrected chi connectivity index (χ2v) is 19.1. The maximum atomic E-state index is 2.49. The van der Waals surface area contributed by atoms with Gasteiger partial charge in [0.2, 0.25) is 0 Å². The minimum Gasteiger partial charge on any atom is -0.311 e. The van der Waals surface area contributed by atoms with Gasteiger partial charge < -0.3 is 9.47 Å². The van der Waals surface area contributed by atoms with Gasteiger partial charge in [0.05, 0.1) is 16.7 Å². The fourth-order valence-corrected chi connectivity index (χ4v) is 13.7. The van der Waals surface area contributed by atoms with Crippen molar-refractivity contribution in [3.05, 3.63) is 206 Å². The summed E-state index contributed by atoms with van der Waals surface area (Å²) < 4.78 is 2.49. The minimum atomic E-state index is 0.392. The van der Waals surface area contributed by atoms with Crippen LogP contribution in [0.1, 0.15) is 37.7 Å². The molecule has 62 heavy (non-hydrogen) atoms. The van der Waals surface area contributed by atoms with E-state index in [0.29, 0.717) is 10.8 Å². The number of fused-ring (bicyclic) bond motifs is 7. The van der Waals surface area contributed by atoms with Crippen molar-refractivity contribution in [2.75, 3.05) is 4.90 Å². The predicted octanol–water partition coefficient (Wildman–Crippen LogP) is 16.0. The molecule has 2 heteroatoms. The van der Waals surface area contributed by atoms with E-state index in [9.17, 15) is 0 Å². The zero-order valence-electron chi connectivity index (χ0n) is 34.7. The van der Waals surface area contributed by atoms with Crippen LogP contribution in [-0.2, 0) is 5.41 Å². The van der Waals surface area contributed by atoms with Gasteiger partial charge in [0.15, 0.2) is 0 Å². The van der Waals surface area contributed by atoms with Crippen molar-refractivity contribution in [2.24, 2.45) is 23.2 Å². The molecule has 2 atom stereocenters. The summed E-state index contributed by atoms with van der Waals surface area (Å²) in [5.74, 6) is 3.00. The van der Waals surface area contributed by atoms with E-state index in [1.165, 1.54) is 109 Å². The van der Waals surface area contributed by atoms with E-state index in [1.54, 1.807) is 5.56 Å². The lowest BCUT2D eigenvalue weighted by Crippen LogP contribution is -2.59. The number of hydrogen-bond acceptors (Lipinski definition) is 1. The molecule has 1 spiro atoms. The molecule has 296 valence electrons. The van der Waals surface area contributed by atoms with Crippen LogP contribution in [-0.4, -0.2) is 4.57 Å². The van der Waals surface area contributed by atoms with Crippen LogP contribution < -0.4 is 4.90 Å². The summed E-state index contributed by atoms with van der Waals surface area (Å²) in [7, 11) is 0. The van der Waals surface area contributed by atoms with Crippen molar-refractivity contribution in [3.63, 3.8) is 0 Å². The van der Waals surface area contributed by atoms with Crippen molar-refractivity contribution in [1.29, 1.82) is 0 Å². The molecule has 0 saturated heterocycles. The molecular formula is C60H46N2. The summed E-state index contributed by atoms with van der Waals surface area (Å²) in [4.78, 5) is 2.45. The van der Waals surface area contributed by atoms with E-state index in [2.05, 4.69) is 210 Å². The second-order valence-electron chi connectivity index (χ2n) is 19.1. The highest BCUT2D eigenvalue weighted by Gasteiger charge is 2.77. The molecular weight excluding hydrogens is 749 g/mol. The summed E-state index contributed by atoms with van der Waals surface area (Å²) in [6.45, 7) is 0. The van der Waals surface area contributed by atoms with Crippen molar-refractivity contribution in [2.45, 2.75) is 37.5 Å². The summed E-state index contributed by atoms with van der Waals surface area (Å²) in [6, 6.07) is 74.8. The van der Waals surface area contributed by atoms with Crippen LogP contribution in [0, 0.1) is 23.2 Å². The zero-order valence-corrected chi connectivity index (χ0v) is 34.7. The van der Waals surface area contributed by atoms with Crippen LogP contribution >= 0.6 is 0 Å². The molecule has 0 radical (unpaired) electrons. The number of anilines is 3. The van der Waals surface area contributed by atoms with Gasteiger partial charge in [-0.1, -0.05) is 146 Å². The van der Waals surface area contributed by atoms with E-state index in [4.69, 9.17) is 0 Å². The van der Waals surface area contributed by atoms with E-state index >= 15 is 0 Å². The van der Waals surface area contributed by atoms with Gasteiger partial charge in [-0.25, -0.2) is 0 Å². The van der Waals surface area contributed by atoms with Gasteiger partial charge in [-0.3, -0.25) is 0 Å². The van der Waals surface area contributed by atoms with Gasteiger partial charge in [-0.15, -0.1) is 0 Å². The van der Waals surface area contributed by atoms with E-state index in [0.717, 1.165) is 29.1 Å². The standard InChI is InChI=1S/C60H46N2/c1-2-11-43-33-44(18-17-39(43)9-1)40-19-26-49(27-20-40)61(51-30-24-45(25-31-51)59-36-47-34-46-35-48(37-59)60(46,47)38-59)50-28-21-42(22-29-50)52-12-5-7-15-56(52)62-57-16-8-6-14-54(57)55-32-23-41-10-3-4-13-53(41)58(55)62/h1-33,46-48H,34-38H2/t46?,47-,48-,59?,60?/m0/s1. The molecule has 1 aromatic heterocycles. The zero-order chi connectivity index (χ0) is 40.6. The normalized spacial score (nSPS) is 23.1. The first-order valence-electron chi connectivity index (χ1n) is 22.7. The van der Waals surface area contributed by atoms with Gasteiger partial charge >= 0.3 is 0 Å². The molecule has 4 aliphatic rings. The molecule has 4 saturated carbocycles. The van der Waals surface area contributed by atoms with E-state index in [-0.39, 0.29) is 0 Å². The lowest BCUT2D eigenvalue weighted by molar-refractivity contribution is -0.175. The monoisotopic (exact) mass is 794 g/mol. The van der Waals surface area contributed by atoms with Gasteiger partial charge in [0, 0.05) is 38.8 Å². The molecule has 1 heterocycles. The molecule has 10 aromatic rings. The lowest BCUT2D eigenvalue weighted by atomic mass is 9.38. The van der Waals surface area contributed by atoms with Crippen LogP contribution in [0.25, 0.3) is 71.3 Å². The highest BCUT2D eigenvalue weighted by Crippen LogP contribution is 2.84. The first kappa shape index (κ1) is 34.8. The Morgan fingerprint density at radius 2 is 1.02 bits per heavy atom. The third kappa shape index (κ3) is 4.81. The molecule has 2 bridgehead atoms. The molecule has 4 aliphatic carbocycles. The molecule has 0 unspecified atom stereocenters. The predicted molar refractivity (Wildman–Crippen MR) is 259 cm³/mol. The molecule has 14 rings (SSSR count). The highest BCUT2D eigenvalue weighted by atomic mass is 15.1. The van der Waals surface area contributed by atoms with E-state index in [1.807, 2.05) is 0 Å². The first-order chi connectivity index (χ1) is 30.6. The Kier molecular flexibility index (Phi) is 7.19. The summed E-state index contributed by atoms with van der Waals surface area (Å²) in [5, 5.41) is 7.61. The van der Waals surface area contributed by atoms with Crippen molar-refractivity contribution >= 4 is 60.4 Å². The third-order valence-electron chi connectivity index (χ3n) is 16.4. The topological polar surface area (TPSA) is 8.17 Å². The van der Waals surface area contributed by atoms with Crippen LogP contribution in [0.2, 0.25) is 0 Å². The number of benzene rings is 9. The van der Waals surface area contributed by atoms with E-state index < -0.39 is 0 Å². The van der Waals surface area contributed by atoms with Crippen LogP contribution in [0.3, 0.4) is 0 Å². The first-order valence-corrected chi connectivity index (χ1v) is 22.7. The fraction of sp³-hybridized carbons (Fsp3) is 0.167. The number of nitrogens with zero attached hydrogens (tertiary/aromatic N) is 2. The van der Waals surface area contributed by atoms with Gasteiger partial charge in [-0.05, 0) is 154 Å². The van der Waals surface area contributed by atoms with Crippen molar-refractivity contribution in [1.82, 2.24) is 4.57 Å². The average molecular weight is 795 g/mol. The van der Waals surface area contributed by atoms with Crippen molar-refractivity contribution in [3.8, 4) is 27.9 Å². The Hall–Kier alpha value is -6.90. The molecule has 0 N–H and O–H groups in total. The number of aromatic nitrogens is 1. The average Bonchev–Trinajstić information content (AvgIpc) is 3.96. The highest BCUT2D eigenvalue weighted by molar-refractivity contribution is 6.19. The molecule has 2 nitrogen and oxygen atoms in total. The fourth-order valence-electron chi connectivity index (χ4n) is 13.7. The smallest absolute Gasteiger partial charge is 0.0619 e. The van der Waals surface area contributed by atoms with Gasteiger partial charge in [-0.2, -0.15) is 0 Å². The number of hydrogen-bond donors (Lipinski definition) is 0. The molecule has 4 fully saturated rings. The maximum Gasteiger partial charge on any atom is 0.0619 e. The summed E-state index contributed by atoms with van der Waals surface area (Å²) >= 11 is 0. The molecule has 0 aliphatic heterocycles. The third-order valence-corrected chi connectivity index (χ3v) is 16.4. The van der Waals surface area contributed by atoms with Crippen LogP contribution in [0.5, 0.6) is 0 Å². The van der Waals surface area contributed by atoms with Crippen LogP contribution in [0.15, 0.2) is 200 Å². The Morgan fingerprint density at radius 3 is 1.74 bits per heavy atom. The Morgan fingerprint density at radius 1 is 0.435 bits per heavy atom. The minimum absolute atomic E-state index is 0.392. The number of rotatable bonds is 7. The lowest BCUT2D eigenvalue weighted by Gasteiger charge is -2.66. The van der Waals surface area contributed by atoms with Crippen LogP contribution in [0.4, 0.5) is 17.1 Å². The Bertz CT molecular complexity index is 3390. The van der Waals surface area contributed by atoms with Gasteiger partial charge in [0.1, 0.15) is 0 Å². The molecule has 9 aromatic carbocycles. The summed E-state index contributed by atoms with van der Waals surface area (Å²) in [6.07, 6.45) is 7.25. The maximum absolute atomic E-state index is 2.49. The van der Waals surface area contributed by atoms with Crippen molar-refractivity contribution < 1.29 is 0 Å². The SMILES string of the molecule is c1ccc(-n2c3ccccc3c3ccc4ccccc4c32)c(-c2ccc(N(c3ccc(-c4ccc5ccccc5c4)cc3)c3ccc(C45C[C@@H]6CC7C[C@@H](C4)C76C5)cc3)cc2)c1. The quantitative estimate of drug-likeness (QED) is 0.156. The van der Waals surface area contributed by atoms with Gasteiger partial charge in [0.25, 0.3) is 0 Å². The largest absolute Gasteiger partial charge is 0.311 e. The summed E-state index contributed by atoms with van der Waals surface area (Å²) in [5.41, 5.74) is 14.7. The second kappa shape index (κ2) is 12.8. The Labute approximate surface area is 362 Å². The number of para-hydroxylation sites is 2. The molecule has 0 amide bonds.